The number of rotatable bonds is 5. The van der Waals surface area contributed by atoms with E-state index in [4.69, 9.17) is 19.9 Å². The topological polar surface area (TPSA) is 53.7 Å². The van der Waals surface area contributed by atoms with Crippen molar-refractivity contribution >= 4 is 11.3 Å². The lowest BCUT2D eigenvalue weighted by molar-refractivity contribution is 0.347. The van der Waals surface area contributed by atoms with Crippen LogP contribution < -0.4 is 19.9 Å². The van der Waals surface area contributed by atoms with Crippen molar-refractivity contribution in [3.8, 4) is 17.2 Å². The lowest BCUT2D eigenvalue weighted by Gasteiger charge is -2.17. The molecule has 2 N–H and O–H groups in total. The number of thiophene rings is 1. The van der Waals surface area contributed by atoms with Crippen LogP contribution in [0.5, 0.6) is 17.2 Å². The van der Waals surface area contributed by atoms with Gasteiger partial charge in [0, 0.05) is 16.5 Å². The van der Waals surface area contributed by atoms with Crippen LogP contribution in [-0.4, -0.2) is 21.3 Å². The molecule has 5 heteroatoms. The van der Waals surface area contributed by atoms with Crippen LogP contribution in [0.3, 0.4) is 0 Å². The minimum absolute atomic E-state index is 0.241. The number of methoxy groups -OCH3 is 3. The molecule has 2 rings (SSSR count). The molecule has 1 aromatic carbocycles. The Bertz CT molecular complexity index is 540. The van der Waals surface area contributed by atoms with Crippen molar-refractivity contribution in [3.63, 3.8) is 0 Å². The van der Waals surface area contributed by atoms with Crippen LogP contribution in [0.15, 0.2) is 29.6 Å². The van der Waals surface area contributed by atoms with Gasteiger partial charge in [0.1, 0.15) is 5.75 Å². The molecule has 0 bridgehead atoms. The molecule has 0 aliphatic rings. The predicted octanol–water partition coefficient (Wildman–Crippen LogP) is 2.82. The minimum Gasteiger partial charge on any atom is -0.496 e. The maximum Gasteiger partial charge on any atom is 0.164 e. The number of ether oxygens (including phenoxy) is 3. The summed E-state index contributed by atoms with van der Waals surface area (Å²) in [7, 11) is 4.81. The third-order valence-electron chi connectivity index (χ3n) is 2.92. The summed E-state index contributed by atoms with van der Waals surface area (Å²) in [4.78, 5) is 1.07. The van der Waals surface area contributed by atoms with Gasteiger partial charge >= 0.3 is 0 Å². The smallest absolute Gasteiger partial charge is 0.164 e. The summed E-state index contributed by atoms with van der Waals surface area (Å²) in [5.74, 6) is 1.96. The number of hydrogen-bond donors (Lipinski definition) is 1. The molecular weight excluding hydrogens is 262 g/mol. The molecule has 19 heavy (non-hydrogen) atoms. The number of hydrogen-bond acceptors (Lipinski definition) is 5. The van der Waals surface area contributed by atoms with Gasteiger partial charge in [-0.05, 0) is 17.5 Å². The Balaban J connectivity index is 2.49. The van der Waals surface area contributed by atoms with Crippen LogP contribution in [0.1, 0.15) is 16.5 Å². The molecule has 1 unspecified atom stereocenters. The molecule has 0 saturated carbocycles. The van der Waals surface area contributed by atoms with E-state index in [0.717, 1.165) is 10.4 Å². The van der Waals surface area contributed by atoms with Gasteiger partial charge in [0.15, 0.2) is 11.5 Å². The summed E-state index contributed by atoms with van der Waals surface area (Å²) in [6.07, 6.45) is 0. The van der Waals surface area contributed by atoms with Crippen LogP contribution in [0, 0.1) is 0 Å². The summed E-state index contributed by atoms with van der Waals surface area (Å²) in [6.45, 7) is 0. The van der Waals surface area contributed by atoms with Crippen molar-refractivity contribution < 1.29 is 14.2 Å². The van der Waals surface area contributed by atoms with Crippen molar-refractivity contribution in [2.75, 3.05) is 21.3 Å². The van der Waals surface area contributed by atoms with Gasteiger partial charge in [-0.2, -0.15) is 0 Å². The Labute approximate surface area is 116 Å². The van der Waals surface area contributed by atoms with Gasteiger partial charge in [0.05, 0.1) is 27.4 Å². The molecule has 0 amide bonds. The fourth-order valence-electron chi connectivity index (χ4n) is 1.92. The highest BCUT2D eigenvalue weighted by Crippen LogP contribution is 2.39. The van der Waals surface area contributed by atoms with Crippen molar-refractivity contribution in [1.82, 2.24) is 0 Å². The summed E-state index contributed by atoms with van der Waals surface area (Å²) >= 11 is 1.62. The van der Waals surface area contributed by atoms with E-state index in [1.807, 2.05) is 23.6 Å². The normalized spacial score (nSPS) is 12.0. The first-order valence-corrected chi connectivity index (χ1v) is 6.68. The Morgan fingerprint density at radius 3 is 2.16 bits per heavy atom. The van der Waals surface area contributed by atoms with E-state index in [0.29, 0.717) is 17.2 Å². The quantitative estimate of drug-likeness (QED) is 0.914. The molecule has 1 atom stereocenters. The number of benzene rings is 1. The molecule has 0 fully saturated rings. The zero-order valence-corrected chi connectivity index (χ0v) is 12.0. The molecule has 0 aliphatic carbocycles. The summed E-state index contributed by atoms with van der Waals surface area (Å²) in [5, 5.41) is 2.00. The highest BCUT2D eigenvalue weighted by Gasteiger charge is 2.19. The molecule has 0 aliphatic heterocycles. The molecule has 2 aromatic rings. The van der Waals surface area contributed by atoms with Gasteiger partial charge < -0.3 is 19.9 Å². The summed E-state index contributed by atoms with van der Waals surface area (Å²) < 4.78 is 16.0. The average molecular weight is 279 g/mol. The SMILES string of the molecule is COc1cc(OC)c(C(N)c2cccs2)cc1OC. The Hall–Kier alpha value is -1.72. The highest BCUT2D eigenvalue weighted by atomic mass is 32.1. The second-order valence-electron chi connectivity index (χ2n) is 3.94. The van der Waals surface area contributed by atoms with E-state index in [1.54, 1.807) is 38.7 Å². The predicted molar refractivity (Wildman–Crippen MR) is 76.4 cm³/mol. The molecule has 102 valence electrons. The maximum absolute atomic E-state index is 6.29. The molecular formula is C14H17NO3S. The minimum atomic E-state index is -0.241. The van der Waals surface area contributed by atoms with Crippen LogP contribution in [-0.2, 0) is 0 Å². The first kappa shape index (κ1) is 13.7. The van der Waals surface area contributed by atoms with E-state index < -0.39 is 0 Å². The van der Waals surface area contributed by atoms with E-state index in [1.165, 1.54) is 0 Å². The lowest BCUT2D eigenvalue weighted by Crippen LogP contribution is -2.12. The van der Waals surface area contributed by atoms with E-state index >= 15 is 0 Å². The maximum atomic E-state index is 6.29. The van der Waals surface area contributed by atoms with Crippen molar-refractivity contribution in [2.24, 2.45) is 5.73 Å². The van der Waals surface area contributed by atoms with Crippen LogP contribution >= 0.6 is 11.3 Å². The zero-order valence-electron chi connectivity index (χ0n) is 11.2. The third-order valence-corrected chi connectivity index (χ3v) is 3.88. The van der Waals surface area contributed by atoms with Crippen LogP contribution in [0.25, 0.3) is 0 Å². The van der Waals surface area contributed by atoms with Gasteiger partial charge in [0.25, 0.3) is 0 Å². The molecule has 0 radical (unpaired) electrons. The summed E-state index contributed by atoms with van der Waals surface area (Å²) in [5.41, 5.74) is 7.16. The van der Waals surface area contributed by atoms with Gasteiger partial charge in [-0.3, -0.25) is 0 Å². The van der Waals surface area contributed by atoms with Gasteiger partial charge in [-0.25, -0.2) is 0 Å². The molecule has 1 aromatic heterocycles. The molecule has 1 heterocycles. The molecule has 0 spiro atoms. The Morgan fingerprint density at radius 1 is 1.00 bits per heavy atom. The standard InChI is InChI=1S/C14H17NO3S/c1-16-10-8-12(18-3)11(17-2)7-9(10)14(15)13-5-4-6-19-13/h4-8,14H,15H2,1-3H3. The van der Waals surface area contributed by atoms with Gasteiger partial charge in [-0.1, -0.05) is 6.07 Å². The third kappa shape index (κ3) is 2.67. The molecule has 0 saturated heterocycles. The van der Waals surface area contributed by atoms with E-state index in [-0.39, 0.29) is 6.04 Å². The molecule has 4 nitrogen and oxygen atoms in total. The van der Waals surface area contributed by atoms with E-state index in [9.17, 15) is 0 Å². The van der Waals surface area contributed by atoms with Crippen molar-refractivity contribution in [1.29, 1.82) is 0 Å². The largest absolute Gasteiger partial charge is 0.496 e. The zero-order chi connectivity index (χ0) is 13.8. The van der Waals surface area contributed by atoms with Crippen molar-refractivity contribution in [2.45, 2.75) is 6.04 Å². The van der Waals surface area contributed by atoms with E-state index in [2.05, 4.69) is 0 Å². The number of nitrogens with two attached hydrogens (primary N) is 1. The van der Waals surface area contributed by atoms with Gasteiger partial charge in [-0.15, -0.1) is 11.3 Å². The highest BCUT2D eigenvalue weighted by molar-refractivity contribution is 7.10. The Morgan fingerprint density at radius 2 is 1.63 bits per heavy atom. The fraction of sp³-hybridized carbons (Fsp3) is 0.286. The Kier molecular flexibility index (Phi) is 4.29. The second kappa shape index (κ2) is 5.95. The van der Waals surface area contributed by atoms with Crippen LogP contribution in [0.2, 0.25) is 0 Å². The lowest BCUT2D eigenvalue weighted by atomic mass is 10.0. The monoisotopic (exact) mass is 279 g/mol. The first-order valence-electron chi connectivity index (χ1n) is 5.80. The average Bonchev–Trinajstić information content (AvgIpc) is 2.99. The summed E-state index contributed by atoms with van der Waals surface area (Å²) in [6, 6.07) is 7.40. The van der Waals surface area contributed by atoms with Crippen molar-refractivity contribution in [3.05, 3.63) is 40.1 Å². The fourth-order valence-corrected chi connectivity index (χ4v) is 2.66. The second-order valence-corrected chi connectivity index (χ2v) is 4.92. The van der Waals surface area contributed by atoms with Gasteiger partial charge in [0.2, 0.25) is 0 Å². The first-order chi connectivity index (χ1) is 9.21. The van der Waals surface area contributed by atoms with Crippen LogP contribution in [0.4, 0.5) is 0 Å².